The second-order valence-electron chi connectivity index (χ2n) is 6.35. The summed E-state index contributed by atoms with van der Waals surface area (Å²) < 4.78 is 24.2. The average molecular weight is 364 g/mol. The van der Waals surface area contributed by atoms with Gasteiger partial charge in [-0.05, 0) is 36.8 Å². The molecule has 0 fully saturated rings. The van der Waals surface area contributed by atoms with Crippen LogP contribution >= 0.6 is 0 Å². The fraction of sp³-hybridized carbons (Fsp3) is 0.190. The number of pyridine rings is 1. The zero-order valence-corrected chi connectivity index (χ0v) is 15.4. The summed E-state index contributed by atoms with van der Waals surface area (Å²) in [6.07, 6.45) is 3.90. The van der Waals surface area contributed by atoms with Crippen molar-refractivity contribution < 1.29 is 8.76 Å². The molecule has 0 saturated carbocycles. The van der Waals surface area contributed by atoms with Gasteiger partial charge in [0.2, 0.25) is 0 Å². The predicted molar refractivity (Wildman–Crippen MR) is 107 cm³/mol. The van der Waals surface area contributed by atoms with Gasteiger partial charge in [-0.3, -0.25) is 4.98 Å². The maximum Gasteiger partial charge on any atom is 0.187 e. The standard InChI is InChI=1S/C21H20N2O2S/c1-2-3-12-23-19-10-5-4-8-15(19)16-14-21(26(24)25)17(13-20(16)23)18-9-6-7-11-22-18/h4-11,13-14H,2-3,12H2,1H3,(H,24,25). The van der Waals surface area contributed by atoms with Gasteiger partial charge >= 0.3 is 0 Å². The van der Waals surface area contributed by atoms with E-state index in [4.69, 9.17) is 0 Å². The van der Waals surface area contributed by atoms with E-state index in [2.05, 4.69) is 28.6 Å². The number of aromatic nitrogens is 2. The van der Waals surface area contributed by atoms with Crippen LogP contribution in [0.15, 0.2) is 65.7 Å². The molecular weight excluding hydrogens is 344 g/mol. The highest BCUT2D eigenvalue weighted by Crippen LogP contribution is 2.35. The van der Waals surface area contributed by atoms with Gasteiger partial charge in [0.05, 0.1) is 10.6 Å². The smallest absolute Gasteiger partial charge is 0.187 e. The van der Waals surface area contributed by atoms with E-state index < -0.39 is 11.1 Å². The van der Waals surface area contributed by atoms with E-state index in [1.54, 1.807) is 6.20 Å². The maximum absolute atomic E-state index is 12.0. The second-order valence-corrected chi connectivity index (χ2v) is 7.29. The number of benzene rings is 2. The molecule has 0 aliphatic heterocycles. The van der Waals surface area contributed by atoms with E-state index in [0.29, 0.717) is 16.2 Å². The average Bonchev–Trinajstić information content (AvgIpc) is 2.99. The molecule has 0 aliphatic carbocycles. The first-order chi connectivity index (χ1) is 12.7. The van der Waals surface area contributed by atoms with Crippen LogP contribution in [0, 0.1) is 0 Å². The predicted octanol–water partition coefficient (Wildman–Crippen LogP) is 5.24. The van der Waals surface area contributed by atoms with Crippen molar-refractivity contribution in [1.29, 1.82) is 0 Å². The van der Waals surface area contributed by atoms with E-state index >= 15 is 0 Å². The Kier molecular flexibility index (Phi) is 4.57. The van der Waals surface area contributed by atoms with E-state index in [9.17, 15) is 8.76 Å². The van der Waals surface area contributed by atoms with Crippen LogP contribution in [0.5, 0.6) is 0 Å². The Morgan fingerprint density at radius 1 is 1.04 bits per heavy atom. The lowest BCUT2D eigenvalue weighted by molar-refractivity contribution is 0.565. The minimum absolute atomic E-state index is 0.398. The number of rotatable bonds is 5. The van der Waals surface area contributed by atoms with E-state index in [0.717, 1.165) is 41.2 Å². The molecule has 5 heteroatoms. The monoisotopic (exact) mass is 364 g/mol. The molecule has 0 radical (unpaired) electrons. The molecule has 2 heterocycles. The van der Waals surface area contributed by atoms with Crippen molar-refractivity contribution >= 4 is 32.9 Å². The van der Waals surface area contributed by atoms with Crippen LogP contribution in [0.4, 0.5) is 0 Å². The first kappa shape index (κ1) is 16.9. The summed E-state index contributed by atoms with van der Waals surface area (Å²) in [6, 6.07) is 17.7. The van der Waals surface area contributed by atoms with Gasteiger partial charge in [-0.15, -0.1) is 0 Å². The molecule has 0 amide bonds. The number of hydrogen-bond acceptors (Lipinski definition) is 2. The molecule has 0 aliphatic rings. The molecule has 1 atom stereocenters. The van der Waals surface area contributed by atoms with E-state index in [1.165, 1.54) is 0 Å². The Morgan fingerprint density at radius 2 is 1.85 bits per heavy atom. The van der Waals surface area contributed by atoms with Crippen LogP contribution in [0.2, 0.25) is 0 Å². The van der Waals surface area contributed by atoms with Crippen LogP contribution in [-0.4, -0.2) is 18.3 Å². The highest BCUT2D eigenvalue weighted by Gasteiger charge is 2.17. The van der Waals surface area contributed by atoms with Crippen molar-refractivity contribution in [3.8, 4) is 11.3 Å². The first-order valence-electron chi connectivity index (χ1n) is 8.78. The maximum atomic E-state index is 12.0. The number of hydrogen-bond donors (Lipinski definition) is 1. The van der Waals surface area contributed by atoms with Crippen LogP contribution < -0.4 is 0 Å². The molecule has 26 heavy (non-hydrogen) atoms. The third-order valence-electron chi connectivity index (χ3n) is 4.74. The number of aryl methyl sites for hydroxylation is 1. The Hall–Kier alpha value is -2.50. The first-order valence-corrected chi connectivity index (χ1v) is 9.88. The van der Waals surface area contributed by atoms with Gasteiger partial charge in [0.1, 0.15) is 0 Å². The summed E-state index contributed by atoms with van der Waals surface area (Å²) in [6.45, 7) is 3.10. The molecule has 2 aromatic carbocycles. The van der Waals surface area contributed by atoms with E-state index in [-0.39, 0.29) is 0 Å². The lowest BCUT2D eigenvalue weighted by Gasteiger charge is -2.10. The zero-order valence-electron chi connectivity index (χ0n) is 14.6. The highest BCUT2D eigenvalue weighted by molar-refractivity contribution is 7.79. The topological polar surface area (TPSA) is 55.1 Å². The van der Waals surface area contributed by atoms with Gasteiger partial charge in [0.25, 0.3) is 0 Å². The minimum atomic E-state index is -2.09. The number of nitrogens with zero attached hydrogens (tertiary/aromatic N) is 2. The van der Waals surface area contributed by atoms with Crippen molar-refractivity contribution in [2.24, 2.45) is 0 Å². The third-order valence-corrected chi connectivity index (χ3v) is 5.45. The Morgan fingerprint density at radius 3 is 2.58 bits per heavy atom. The molecule has 0 spiro atoms. The van der Waals surface area contributed by atoms with Crippen LogP contribution in [0.3, 0.4) is 0 Å². The third kappa shape index (κ3) is 2.83. The summed E-state index contributed by atoms with van der Waals surface area (Å²) in [4.78, 5) is 4.79. The summed E-state index contributed by atoms with van der Waals surface area (Å²) in [5.74, 6) is 0. The van der Waals surface area contributed by atoms with Crippen molar-refractivity contribution in [2.45, 2.75) is 31.2 Å². The van der Waals surface area contributed by atoms with E-state index in [1.807, 2.05) is 42.5 Å². The van der Waals surface area contributed by atoms with Crippen molar-refractivity contribution in [3.05, 3.63) is 60.8 Å². The van der Waals surface area contributed by atoms with Crippen molar-refractivity contribution in [1.82, 2.24) is 9.55 Å². The van der Waals surface area contributed by atoms with Gasteiger partial charge in [0, 0.05) is 40.1 Å². The number of unbranched alkanes of at least 4 members (excludes halogenated alkanes) is 1. The number of para-hydroxylation sites is 1. The molecule has 132 valence electrons. The normalized spacial score (nSPS) is 12.7. The fourth-order valence-corrected chi connectivity index (χ4v) is 4.07. The van der Waals surface area contributed by atoms with Gasteiger partial charge in [-0.1, -0.05) is 37.6 Å². The zero-order chi connectivity index (χ0) is 18.1. The lowest BCUT2D eigenvalue weighted by atomic mass is 10.1. The van der Waals surface area contributed by atoms with Crippen LogP contribution in [0.25, 0.3) is 33.1 Å². The summed E-state index contributed by atoms with van der Waals surface area (Å²) in [5, 5.41) is 2.12. The van der Waals surface area contributed by atoms with Crippen molar-refractivity contribution in [2.75, 3.05) is 0 Å². The fourth-order valence-electron chi connectivity index (χ4n) is 3.50. The SMILES string of the molecule is CCCCn1c2ccccc2c2cc(S(=O)O)c(-c3ccccn3)cc21. The van der Waals surface area contributed by atoms with Crippen LogP contribution in [-0.2, 0) is 17.6 Å². The summed E-state index contributed by atoms with van der Waals surface area (Å²) in [5.41, 5.74) is 3.65. The quantitative estimate of drug-likeness (QED) is 0.493. The second kappa shape index (κ2) is 7.02. The molecule has 4 rings (SSSR count). The minimum Gasteiger partial charge on any atom is -0.340 e. The van der Waals surface area contributed by atoms with Crippen LogP contribution in [0.1, 0.15) is 19.8 Å². The highest BCUT2D eigenvalue weighted by atomic mass is 32.2. The summed E-state index contributed by atoms with van der Waals surface area (Å²) in [7, 11) is 0. The molecule has 0 saturated heterocycles. The molecule has 4 aromatic rings. The largest absolute Gasteiger partial charge is 0.340 e. The molecular formula is C21H20N2O2S. The van der Waals surface area contributed by atoms with Crippen molar-refractivity contribution in [3.63, 3.8) is 0 Å². The molecule has 0 bridgehead atoms. The number of fused-ring (bicyclic) bond motifs is 3. The Labute approximate surface area is 154 Å². The van der Waals surface area contributed by atoms with Gasteiger partial charge < -0.3 is 9.12 Å². The molecule has 2 aromatic heterocycles. The summed E-state index contributed by atoms with van der Waals surface area (Å²) >= 11 is -2.09. The molecule has 4 nitrogen and oxygen atoms in total. The Bertz CT molecular complexity index is 1100. The van der Waals surface area contributed by atoms with Gasteiger partial charge in [-0.25, -0.2) is 4.21 Å². The molecule has 1 N–H and O–H groups in total. The van der Waals surface area contributed by atoms with Gasteiger partial charge in [-0.2, -0.15) is 0 Å². The Balaban J connectivity index is 2.08. The van der Waals surface area contributed by atoms with Gasteiger partial charge in [0.15, 0.2) is 11.1 Å². The lowest BCUT2D eigenvalue weighted by Crippen LogP contribution is -1.99. The molecule has 1 unspecified atom stereocenters.